The van der Waals surface area contributed by atoms with Crippen molar-refractivity contribution in [2.24, 2.45) is 0 Å². The molecule has 5 nitrogen and oxygen atoms in total. The van der Waals surface area contributed by atoms with Crippen LogP contribution in [0.5, 0.6) is 0 Å². The van der Waals surface area contributed by atoms with Crippen molar-refractivity contribution in [1.82, 2.24) is 10.2 Å². The summed E-state index contributed by atoms with van der Waals surface area (Å²) < 4.78 is 0. The van der Waals surface area contributed by atoms with Gasteiger partial charge in [-0.3, -0.25) is 4.90 Å². The van der Waals surface area contributed by atoms with E-state index in [2.05, 4.69) is 15.5 Å². The normalized spacial score (nSPS) is 26.9. The second-order valence-electron chi connectivity index (χ2n) is 6.80. The van der Waals surface area contributed by atoms with Crippen molar-refractivity contribution in [3.63, 3.8) is 0 Å². The van der Waals surface area contributed by atoms with Gasteiger partial charge in [-0.1, -0.05) is 12.8 Å². The molecule has 0 radical (unpaired) electrons. The van der Waals surface area contributed by atoms with Gasteiger partial charge in [-0.2, -0.15) is 0 Å². The van der Waals surface area contributed by atoms with Crippen LogP contribution in [0.3, 0.4) is 0 Å². The van der Waals surface area contributed by atoms with Crippen LogP contribution in [0.4, 0.5) is 10.5 Å². The van der Waals surface area contributed by atoms with E-state index in [1.807, 2.05) is 17.7 Å². The minimum Gasteiger partial charge on any atom is -0.391 e. The van der Waals surface area contributed by atoms with Gasteiger partial charge in [0.1, 0.15) is 0 Å². The smallest absolute Gasteiger partial charge is 0.319 e. The minimum absolute atomic E-state index is 0.109. The maximum Gasteiger partial charge on any atom is 0.319 e. The molecule has 23 heavy (non-hydrogen) atoms. The highest BCUT2D eigenvalue weighted by atomic mass is 32.1. The van der Waals surface area contributed by atoms with Crippen LogP contribution in [0.1, 0.15) is 44.1 Å². The van der Waals surface area contributed by atoms with E-state index in [0.29, 0.717) is 6.04 Å². The number of anilines is 1. The standard InChI is InChI=1S/C17H27N3O2S/c1-12-10-23-11-14(12)19-17(22)18-13-6-8-20(9-7-13)15-4-2-3-5-16(15)21/h10-11,13,15-16,21H,2-9H2,1H3,(H2,18,19,22). The van der Waals surface area contributed by atoms with Gasteiger partial charge in [-0.05, 0) is 43.6 Å². The van der Waals surface area contributed by atoms with Gasteiger partial charge in [-0.25, -0.2) is 4.79 Å². The third-order valence-corrected chi connectivity index (χ3v) is 5.99. The first-order valence-corrected chi connectivity index (χ1v) is 9.60. The summed E-state index contributed by atoms with van der Waals surface area (Å²) in [6.45, 7) is 3.92. The first-order chi connectivity index (χ1) is 11.1. The maximum atomic E-state index is 12.1. The monoisotopic (exact) mass is 337 g/mol. The molecular formula is C17H27N3O2S. The number of rotatable bonds is 3. The Bertz CT molecular complexity index is 526. The van der Waals surface area contributed by atoms with Crippen molar-refractivity contribution in [2.45, 2.75) is 63.6 Å². The molecule has 2 heterocycles. The summed E-state index contributed by atoms with van der Waals surface area (Å²) in [5.41, 5.74) is 2.00. The highest BCUT2D eigenvalue weighted by Gasteiger charge is 2.31. The molecule has 0 aromatic carbocycles. The number of urea groups is 1. The molecule has 1 aliphatic heterocycles. The molecular weight excluding hydrogens is 310 g/mol. The van der Waals surface area contributed by atoms with Gasteiger partial charge in [0.15, 0.2) is 0 Å². The number of carbonyl (C=O) groups is 1. The lowest BCUT2D eigenvalue weighted by Crippen LogP contribution is -2.52. The molecule has 3 N–H and O–H groups in total. The molecule has 0 bridgehead atoms. The van der Waals surface area contributed by atoms with Crippen molar-refractivity contribution < 1.29 is 9.90 Å². The molecule has 3 rings (SSSR count). The molecule has 2 aliphatic rings. The Balaban J connectivity index is 1.44. The van der Waals surface area contributed by atoms with E-state index in [-0.39, 0.29) is 18.2 Å². The molecule has 1 aromatic heterocycles. The van der Waals surface area contributed by atoms with Crippen LogP contribution >= 0.6 is 11.3 Å². The van der Waals surface area contributed by atoms with E-state index in [4.69, 9.17) is 0 Å². The molecule has 2 fully saturated rings. The third kappa shape index (κ3) is 4.25. The number of aryl methyl sites for hydroxylation is 1. The van der Waals surface area contributed by atoms with E-state index < -0.39 is 0 Å². The zero-order valence-electron chi connectivity index (χ0n) is 13.8. The van der Waals surface area contributed by atoms with Gasteiger partial charge in [0, 0.05) is 30.6 Å². The number of amides is 2. The summed E-state index contributed by atoms with van der Waals surface area (Å²) >= 11 is 1.60. The Morgan fingerprint density at radius 3 is 2.61 bits per heavy atom. The van der Waals surface area contributed by atoms with Gasteiger partial charge < -0.3 is 15.7 Å². The Kier molecular flexibility index (Phi) is 5.56. The first kappa shape index (κ1) is 16.7. The van der Waals surface area contributed by atoms with Gasteiger partial charge in [0.25, 0.3) is 0 Å². The van der Waals surface area contributed by atoms with Gasteiger partial charge >= 0.3 is 6.03 Å². The predicted octanol–water partition coefficient (Wildman–Crippen LogP) is 2.95. The number of carbonyl (C=O) groups excluding carboxylic acids is 1. The molecule has 1 aromatic rings. The molecule has 2 atom stereocenters. The highest BCUT2D eigenvalue weighted by Crippen LogP contribution is 2.26. The summed E-state index contributed by atoms with van der Waals surface area (Å²) in [6, 6.07) is 0.445. The minimum atomic E-state index is -0.168. The Morgan fingerprint density at radius 2 is 1.96 bits per heavy atom. The summed E-state index contributed by atoms with van der Waals surface area (Å²) in [6.07, 6.45) is 6.17. The predicted molar refractivity (Wildman–Crippen MR) is 94.1 cm³/mol. The number of piperidine rings is 1. The largest absolute Gasteiger partial charge is 0.391 e. The van der Waals surface area contributed by atoms with E-state index in [1.54, 1.807) is 11.3 Å². The number of nitrogens with zero attached hydrogens (tertiary/aromatic N) is 1. The van der Waals surface area contributed by atoms with Crippen LogP contribution in [0, 0.1) is 6.92 Å². The van der Waals surface area contributed by atoms with Crippen molar-refractivity contribution in [3.05, 3.63) is 16.3 Å². The maximum absolute atomic E-state index is 12.1. The fraction of sp³-hybridized carbons (Fsp3) is 0.706. The first-order valence-electron chi connectivity index (χ1n) is 8.66. The van der Waals surface area contributed by atoms with E-state index in [0.717, 1.165) is 56.4 Å². The number of nitrogens with one attached hydrogen (secondary N) is 2. The molecule has 128 valence electrons. The molecule has 1 saturated heterocycles. The SMILES string of the molecule is Cc1cscc1NC(=O)NC1CCN(C2CCCCC2O)CC1. The number of likely N-dealkylation sites (tertiary alicyclic amines) is 1. The summed E-state index contributed by atoms with van der Waals surface area (Å²) in [7, 11) is 0. The average molecular weight is 337 g/mol. The lowest BCUT2D eigenvalue weighted by molar-refractivity contribution is 0.00786. The van der Waals surface area contributed by atoms with Gasteiger partial charge in [0.2, 0.25) is 0 Å². The number of hydrogen-bond donors (Lipinski definition) is 3. The fourth-order valence-electron chi connectivity index (χ4n) is 3.73. The molecule has 2 unspecified atom stereocenters. The van der Waals surface area contributed by atoms with Crippen LogP contribution in [-0.2, 0) is 0 Å². The second-order valence-corrected chi connectivity index (χ2v) is 7.54. The highest BCUT2D eigenvalue weighted by molar-refractivity contribution is 7.08. The molecule has 2 amide bonds. The quantitative estimate of drug-likeness (QED) is 0.794. The van der Waals surface area contributed by atoms with Crippen LogP contribution in [-0.4, -0.2) is 47.3 Å². The van der Waals surface area contributed by atoms with Gasteiger partial charge in [0.05, 0.1) is 11.8 Å². The van der Waals surface area contributed by atoms with Crippen molar-refractivity contribution in [3.8, 4) is 0 Å². The molecule has 0 spiro atoms. The van der Waals surface area contributed by atoms with Crippen LogP contribution in [0.25, 0.3) is 0 Å². The van der Waals surface area contributed by atoms with Crippen molar-refractivity contribution in [1.29, 1.82) is 0 Å². The molecule has 1 saturated carbocycles. The Labute approximate surface area is 142 Å². The Hall–Kier alpha value is -1.11. The zero-order chi connectivity index (χ0) is 16.2. The number of hydrogen-bond acceptors (Lipinski definition) is 4. The summed E-state index contributed by atoms with van der Waals surface area (Å²) in [4.78, 5) is 14.5. The van der Waals surface area contributed by atoms with Crippen molar-refractivity contribution in [2.75, 3.05) is 18.4 Å². The van der Waals surface area contributed by atoms with Crippen LogP contribution in [0.15, 0.2) is 10.8 Å². The third-order valence-electron chi connectivity index (χ3n) is 5.13. The molecule has 1 aliphatic carbocycles. The Morgan fingerprint density at radius 1 is 1.22 bits per heavy atom. The number of thiophene rings is 1. The molecule has 6 heteroatoms. The van der Waals surface area contributed by atoms with E-state index >= 15 is 0 Å². The van der Waals surface area contributed by atoms with Crippen LogP contribution < -0.4 is 10.6 Å². The fourth-order valence-corrected chi connectivity index (χ4v) is 4.51. The zero-order valence-corrected chi connectivity index (χ0v) is 14.6. The second kappa shape index (κ2) is 7.64. The van der Waals surface area contributed by atoms with Crippen LogP contribution in [0.2, 0.25) is 0 Å². The average Bonchev–Trinajstić information content (AvgIpc) is 2.94. The number of aliphatic hydroxyl groups excluding tert-OH is 1. The van der Waals surface area contributed by atoms with E-state index in [9.17, 15) is 9.90 Å². The number of aliphatic hydroxyl groups is 1. The summed E-state index contributed by atoms with van der Waals surface area (Å²) in [5.74, 6) is 0. The topological polar surface area (TPSA) is 64.6 Å². The lowest BCUT2D eigenvalue weighted by Gasteiger charge is -2.41. The van der Waals surface area contributed by atoms with E-state index in [1.165, 1.54) is 6.42 Å². The summed E-state index contributed by atoms with van der Waals surface area (Å²) in [5, 5.41) is 20.2. The lowest BCUT2D eigenvalue weighted by atomic mass is 9.89. The van der Waals surface area contributed by atoms with Gasteiger partial charge in [-0.15, -0.1) is 11.3 Å². The van der Waals surface area contributed by atoms with Crippen molar-refractivity contribution >= 4 is 23.1 Å².